The van der Waals surface area contributed by atoms with E-state index in [0.717, 1.165) is 10.9 Å². The zero-order valence-electron chi connectivity index (χ0n) is 12.4. The predicted octanol–water partition coefficient (Wildman–Crippen LogP) is 3.60. The molecular weight excluding hydrogens is 318 g/mol. The molecule has 7 nitrogen and oxygen atoms in total. The van der Waals surface area contributed by atoms with Crippen LogP contribution in [-0.4, -0.2) is 26.9 Å². The lowest BCUT2D eigenvalue weighted by Gasteiger charge is -2.08. The molecule has 0 bridgehead atoms. The highest BCUT2D eigenvalue weighted by Crippen LogP contribution is 2.31. The summed E-state index contributed by atoms with van der Waals surface area (Å²) in [4.78, 5) is 23.1. The third-order valence-electron chi connectivity index (χ3n) is 3.50. The predicted molar refractivity (Wildman–Crippen MR) is 88.7 cm³/mol. The van der Waals surface area contributed by atoms with Crippen LogP contribution in [0.25, 0.3) is 22.0 Å². The van der Waals surface area contributed by atoms with Gasteiger partial charge in [0.15, 0.2) is 0 Å². The van der Waals surface area contributed by atoms with E-state index in [9.17, 15) is 10.1 Å². The molecule has 0 radical (unpaired) electrons. The first-order valence-corrected chi connectivity index (χ1v) is 7.12. The van der Waals surface area contributed by atoms with Crippen molar-refractivity contribution in [2.75, 3.05) is 12.4 Å². The minimum absolute atomic E-state index is 0.0626. The number of nitrogens with one attached hydrogen (secondary N) is 1. The van der Waals surface area contributed by atoms with Crippen LogP contribution < -0.4 is 5.32 Å². The molecule has 0 saturated heterocycles. The highest BCUT2D eigenvalue weighted by Gasteiger charge is 2.14. The number of aryl methyl sites for hydroxylation is 1. The summed E-state index contributed by atoms with van der Waals surface area (Å²) in [6.07, 6.45) is 4.52. The first kappa shape index (κ1) is 15.1. The van der Waals surface area contributed by atoms with Crippen LogP contribution in [0.4, 0.5) is 11.5 Å². The molecule has 0 unspecified atom stereocenters. The highest BCUT2D eigenvalue weighted by molar-refractivity contribution is 6.37. The van der Waals surface area contributed by atoms with Gasteiger partial charge in [0, 0.05) is 47.7 Å². The number of fused-ring (bicyclic) bond motifs is 1. The van der Waals surface area contributed by atoms with Crippen LogP contribution in [0.5, 0.6) is 0 Å². The Labute approximate surface area is 136 Å². The number of nitrogens with zero attached hydrogens (tertiary/aromatic N) is 4. The van der Waals surface area contributed by atoms with Crippen molar-refractivity contribution in [1.82, 2.24) is 15.0 Å². The Balaban J connectivity index is 2.18. The number of rotatable bonds is 3. The third kappa shape index (κ3) is 2.66. The molecule has 116 valence electrons. The molecule has 0 saturated carbocycles. The van der Waals surface area contributed by atoms with Gasteiger partial charge in [-0.25, -0.2) is 4.98 Å². The van der Waals surface area contributed by atoms with Gasteiger partial charge in [0.1, 0.15) is 17.0 Å². The van der Waals surface area contributed by atoms with Crippen molar-refractivity contribution in [1.29, 1.82) is 0 Å². The Hall–Kier alpha value is -2.80. The Morgan fingerprint density at radius 2 is 1.96 bits per heavy atom. The van der Waals surface area contributed by atoms with Gasteiger partial charge in [-0.1, -0.05) is 11.6 Å². The van der Waals surface area contributed by atoms with Crippen molar-refractivity contribution < 1.29 is 4.92 Å². The monoisotopic (exact) mass is 329 g/mol. The average molecular weight is 330 g/mol. The van der Waals surface area contributed by atoms with Crippen LogP contribution in [0.1, 0.15) is 5.69 Å². The van der Waals surface area contributed by atoms with E-state index in [2.05, 4.69) is 20.3 Å². The summed E-state index contributed by atoms with van der Waals surface area (Å²) in [6, 6.07) is 3.33. The molecule has 0 spiro atoms. The second-order valence-corrected chi connectivity index (χ2v) is 5.29. The van der Waals surface area contributed by atoms with Gasteiger partial charge in [-0.05, 0) is 13.0 Å². The van der Waals surface area contributed by atoms with Crippen molar-refractivity contribution in [2.45, 2.75) is 6.92 Å². The lowest BCUT2D eigenvalue weighted by atomic mass is 10.0. The Bertz CT molecular complexity index is 929. The fourth-order valence-corrected chi connectivity index (χ4v) is 2.60. The number of hydrogen-bond donors (Lipinski definition) is 1. The topological polar surface area (TPSA) is 93.8 Å². The Kier molecular flexibility index (Phi) is 3.79. The van der Waals surface area contributed by atoms with Crippen LogP contribution in [0.3, 0.4) is 0 Å². The zero-order chi connectivity index (χ0) is 16.6. The maximum Gasteiger partial charge on any atom is 0.288 e. The normalized spacial score (nSPS) is 10.7. The summed E-state index contributed by atoms with van der Waals surface area (Å²) in [7, 11) is 1.73. The molecule has 0 amide bonds. The number of nitro groups is 1. The maximum atomic E-state index is 10.9. The largest absolute Gasteiger partial charge is 0.372 e. The van der Waals surface area contributed by atoms with Gasteiger partial charge in [-0.2, -0.15) is 0 Å². The first-order valence-electron chi connectivity index (χ1n) is 6.74. The molecule has 3 aromatic rings. The second kappa shape index (κ2) is 5.77. The average Bonchev–Trinajstić information content (AvgIpc) is 2.55. The molecule has 0 atom stereocenters. The molecule has 0 aliphatic carbocycles. The van der Waals surface area contributed by atoms with Gasteiger partial charge < -0.3 is 5.32 Å². The number of hydrogen-bond acceptors (Lipinski definition) is 6. The fourth-order valence-electron chi connectivity index (χ4n) is 2.30. The first-order chi connectivity index (χ1) is 11.0. The van der Waals surface area contributed by atoms with E-state index in [0.29, 0.717) is 27.6 Å². The van der Waals surface area contributed by atoms with Crippen molar-refractivity contribution in [3.63, 3.8) is 0 Å². The molecule has 3 aromatic heterocycles. The molecule has 8 heteroatoms. The molecule has 0 aromatic carbocycles. The standard InChI is InChI=1S/C15H12ClN5O2/c1-8-12(4-11(7-18-8)21(22)23)9-3-10-6-20-15(17-2)13(16)14(10)19-5-9/h3-7H,1-2H3,(H,17,20). The van der Waals surface area contributed by atoms with Gasteiger partial charge in [0.25, 0.3) is 5.69 Å². The van der Waals surface area contributed by atoms with Crippen LogP contribution in [-0.2, 0) is 0 Å². The smallest absolute Gasteiger partial charge is 0.288 e. The van der Waals surface area contributed by atoms with E-state index in [1.54, 1.807) is 26.4 Å². The van der Waals surface area contributed by atoms with Gasteiger partial charge in [0.2, 0.25) is 0 Å². The van der Waals surface area contributed by atoms with Crippen molar-refractivity contribution in [3.05, 3.63) is 51.6 Å². The number of halogens is 1. The van der Waals surface area contributed by atoms with E-state index in [1.807, 2.05) is 6.07 Å². The summed E-state index contributed by atoms with van der Waals surface area (Å²) in [6.45, 7) is 1.79. The highest BCUT2D eigenvalue weighted by atomic mass is 35.5. The second-order valence-electron chi connectivity index (χ2n) is 4.92. The van der Waals surface area contributed by atoms with Crippen molar-refractivity contribution in [3.8, 4) is 11.1 Å². The summed E-state index contributed by atoms with van der Waals surface area (Å²) in [5.74, 6) is 0.549. The van der Waals surface area contributed by atoms with Crippen LogP contribution in [0, 0.1) is 17.0 Å². The van der Waals surface area contributed by atoms with Crippen LogP contribution >= 0.6 is 11.6 Å². The van der Waals surface area contributed by atoms with Gasteiger partial charge in [-0.3, -0.25) is 20.1 Å². The fraction of sp³-hybridized carbons (Fsp3) is 0.133. The van der Waals surface area contributed by atoms with Crippen molar-refractivity contribution in [2.24, 2.45) is 0 Å². The summed E-state index contributed by atoms with van der Waals surface area (Å²) in [5.41, 5.74) is 2.62. The minimum atomic E-state index is -0.470. The molecule has 3 rings (SSSR count). The Morgan fingerprint density at radius 3 is 2.65 bits per heavy atom. The van der Waals surface area contributed by atoms with E-state index < -0.39 is 4.92 Å². The molecule has 0 fully saturated rings. The quantitative estimate of drug-likeness (QED) is 0.582. The van der Waals surface area contributed by atoms with Crippen LogP contribution in [0.15, 0.2) is 30.7 Å². The lowest BCUT2D eigenvalue weighted by molar-refractivity contribution is -0.385. The number of pyridine rings is 3. The van der Waals surface area contributed by atoms with E-state index >= 15 is 0 Å². The van der Waals surface area contributed by atoms with E-state index in [-0.39, 0.29) is 5.69 Å². The minimum Gasteiger partial charge on any atom is -0.372 e. The van der Waals surface area contributed by atoms with Gasteiger partial charge in [-0.15, -0.1) is 0 Å². The molecule has 0 aliphatic heterocycles. The molecule has 1 N–H and O–H groups in total. The van der Waals surface area contributed by atoms with Gasteiger partial charge >= 0.3 is 0 Å². The molecular formula is C15H12ClN5O2. The maximum absolute atomic E-state index is 10.9. The number of anilines is 1. The zero-order valence-corrected chi connectivity index (χ0v) is 13.1. The molecule has 23 heavy (non-hydrogen) atoms. The SMILES string of the molecule is CNc1ncc2cc(-c3cc([N+](=O)[O-])cnc3C)cnc2c1Cl. The van der Waals surface area contributed by atoms with E-state index in [1.165, 1.54) is 12.3 Å². The third-order valence-corrected chi connectivity index (χ3v) is 3.85. The Morgan fingerprint density at radius 1 is 1.17 bits per heavy atom. The molecule has 0 aliphatic rings. The summed E-state index contributed by atoms with van der Waals surface area (Å²) in [5, 5.41) is 15.0. The lowest BCUT2D eigenvalue weighted by Crippen LogP contribution is -1.96. The van der Waals surface area contributed by atoms with Crippen LogP contribution in [0.2, 0.25) is 5.02 Å². The van der Waals surface area contributed by atoms with Gasteiger partial charge in [0.05, 0.1) is 10.4 Å². The summed E-state index contributed by atoms with van der Waals surface area (Å²) < 4.78 is 0. The molecule has 3 heterocycles. The van der Waals surface area contributed by atoms with Crippen molar-refractivity contribution >= 4 is 34.0 Å². The number of aromatic nitrogens is 3. The summed E-state index contributed by atoms with van der Waals surface area (Å²) >= 11 is 6.25. The van der Waals surface area contributed by atoms with E-state index in [4.69, 9.17) is 11.6 Å².